The van der Waals surface area contributed by atoms with Gasteiger partial charge in [-0.25, -0.2) is 13.8 Å². The quantitative estimate of drug-likeness (QED) is 0.735. The third-order valence-electron chi connectivity index (χ3n) is 5.06. The number of rotatable bonds is 3. The monoisotopic (exact) mass is 371 g/mol. The largest absolute Gasteiger partial charge is 0.348 e. The number of nitrogens with zero attached hydrogens (tertiary/aromatic N) is 3. The fourth-order valence-electron chi connectivity index (χ4n) is 3.57. The molecule has 2 aromatic heterocycles. The van der Waals surface area contributed by atoms with Crippen molar-refractivity contribution in [1.29, 1.82) is 0 Å². The second-order valence-corrected chi connectivity index (χ2v) is 8.10. The summed E-state index contributed by atoms with van der Waals surface area (Å²) in [5.41, 5.74) is 4.65. The van der Waals surface area contributed by atoms with Gasteiger partial charge in [-0.05, 0) is 23.8 Å². The summed E-state index contributed by atoms with van der Waals surface area (Å²) in [5, 5.41) is 7.66. The lowest BCUT2D eigenvalue weighted by Crippen LogP contribution is -2.36. The third kappa shape index (κ3) is 3.39. The first-order valence-electron chi connectivity index (χ1n) is 9.09. The van der Waals surface area contributed by atoms with Crippen LogP contribution in [0.5, 0.6) is 0 Å². The Morgan fingerprint density at radius 3 is 2.70 bits per heavy atom. The zero-order valence-electron chi connectivity index (χ0n) is 15.7. The van der Waals surface area contributed by atoms with E-state index in [1.807, 2.05) is 0 Å². The number of H-pyrrole nitrogens is 2. The molecule has 0 saturated heterocycles. The average Bonchev–Trinajstić information content (AvgIpc) is 3.26. The van der Waals surface area contributed by atoms with Crippen molar-refractivity contribution >= 4 is 0 Å². The molecule has 0 saturated carbocycles. The van der Waals surface area contributed by atoms with Gasteiger partial charge in [-0.1, -0.05) is 26.8 Å². The molecule has 3 heterocycles. The molecule has 0 amide bonds. The smallest absolute Gasteiger partial charge is 0.159 e. The first kappa shape index (κ1) is 17.9. The predicted molar refractivity (Wildman–Crippen MR) is 98.2 cm³/mol. The second-order valence-electron chi connectivity index (χ2n) is 8.10. The highest BCUT2D eigenvalue weighted by atomic mass is 19.2. The van der Waals surface area contributed by atoms with Gasteiger partial charge in [0.2, 0.25) is 0 Å². The first-order valence-corrected chi connectivity index (χ1v) is 9.09. The summed E-state index contributed by atoms with van der Waals surface area (Å²) in [4.78, 5) is 9.96. The van der Waals surface area contributed by atoms with Crippen molar-refractivity contribution in [3.8, 4) is 0 Å². The Morgan fingerprint density at radius 1 is 1.19 bits per heavy atom. The van der Waals surface area contributed by atoms with Crippen LogP contribution in [0.2, 0.25) is 0 Å². The molecule has 1 aliphatic heterocycles. The molecular weight excluding hydrogens is 348 g/mol. The van der Waals surface area contributed by atoms with E-state index in [2.05, 4.69) is 51.9 Å². The van der Waals surface area contributed by atoms with Crippen molar-refractivity contribution in [2.75, 3.05) is 6.54 Å². The molecule has 27 heavy (non-hydrogen) atoms. The summed E-state index contributed by atoms with van der Waals surface area (Å²) < 4.78 is 26.9. The lowest BCUT2D eigenvalue weighted by atomic mass is 9.91. The fourth-order valence-corrected chi connectivity index (χ4v) is 3.57. The minimum Gasteiger partial charge on any atom is -0.348 e. The summed E-state index contributed by atoms with van der Waals surface area (Å²) in [7, 11) is 0. The van der Waals surface area contributed by atoms with Crippen LogP contribution in [0, 0.1) is 11.6 Å². The second kappa shape index (κ2) is 6.56. The first-order chi connectivity index (χ1) is 12.8. The minimum atomic E-state index is -0.827. The van der Waals surface area contributed by atoms with E-state index in [9.17, 15) is 8.78 Å². The Kier molecular flexibility index (Phi) is 4.34. The van der Waals surface area contributed by atoms with Gasteiger partial charge in [0.25, 0.3) is 0 Å². The molecule has 0 fully saturated rings. The van der Waals surface area contributed by atoms with Crippen molar-refractivity contribution in [2.24, 2.45) is 0 Å². The zero-order valence-corrected chi connectivity index (χ0v) is 15.7. The number of benzene rings is 1. The van der Waals surface area contributed by atoms with Crippen molar-refractivity contribution in [1.82, 2.24) is 25.1 Å². The molecule has 3 aromatic rings. The molecule has 1 aromatic carbocycles. The number of aromatic nitrogens is 4. The van der Waals surface area contributed by atoms with E-state index in [0.717, 1.165) is 41.3 Å². The highest BCUT2D eigenvalue weighted by Crippen LogP contribution is 2.35. The Hall–Kier alpha value is -2.54. The van der Waals surface area contributed by atoms with Crippen LogP contribution in [-0.4, -0.2) is 31.6 Å². The zero-order chi connectivity index (χ0) is 19.2. The molecular formula is C20H23F2N5. The average molecular weight is 371 g/mol. The van der Waals surface area contributed by atoms with Gasteiger partial charge >= 0.3 is 0 Å². The van der Waals surface area contributed by atoms with Gasteiger partial charge in [-0.3, -0.25) is 10.00 Å². The van der Waals surface area contributed by atoms with E-state index < -0.39 is 11.6 Å². The number of imidazole rings is 1. The highest BCUT2D eigenvalue weighted by molar-refractivity contribution is 5.31. The van der Waals surface area contributed by atoms with Crippen molar-refractivity contribution in [3.63, 3.8) is 0 Å². The van der Waals surface area contributed by atoms with Gasteiger partial charge < -0.3 is 4.98 Å². The molecule has 7 heteroatoms. The number of halogens is 2. The molecule has 1 aliphatic rings. The number of aromatic amines is 2. The van der Waals surface area contributed by atoms with Gasteiger partial charge in [0.15, 0.2) is 11.6 Å². The number of nitrogens with one attached hydrogen (secondary N) is 2. The van der Waals surface area contributed by atoms with Crippen LogP contribution in [0.3, 0.4) is 0 Å². The molecule has 1 atom stereocenters. The van der Waals surface area contributed by atoms with Crippen molar-refractivity contribution in [2.45, 2.75) is 45.2 Å². The van der Waals surface area contributed by atoms with E-state index >= 15 is 0 Å². The number of hydrogen-bond donors (Lipinski definition) is 2. The maximum Gasteiger partial charge on any atom is 0.159 e. The summed E-state index contributed by atoms with van der Waals surface area (Å²) in [6.45, 7) is 7.63. The van der Waals surface area contributed by atoms with Gasteiger partial charge in [-0.2, -0.15) is 5.10 Å². The molecule has 2 N–H and O–H groups in total. The van der Waals surface area contributed by atoms with E-state index in [1.165, 1.54) is 12.1 Å². The van der Waals surface area contributed by atoms with Crippen LogP contribution in [0.1, 0.15) is 55.2 Å². The Labute approximate surface area is 156 Å². The highest BCUT2D eigenvalue weighted by Gasteiger charge is 2.33. The Morgan fingerprint density at radius 2 is 2.00 bits per heavy atom. The van der Waals surface area contributed by atoms with Crippen LogP contribution in [-0.2, 0) is 18.4 Å². The standard InChI is InChI=1S/C20H23F2N5/c1-20(2,3)17-9-16(25-26-17)19-18-15(23-11-24-18)6-7-27(19)10-12-4-5-13(21)14(22)8-12/h4-5,8-9,11,19H,6-7,10H2,1-3H3,(H,23,24)(H,25,26)/t19-/m1/s1. The molecule has 0 unspecified atom stereocenters. The van der Waals surface area contributed by atoms with Gasteiger partial charge in [0.05, 0.1) is 29.5 Å². The van der Waals surface area contributed by atoms with Crippen LogP contribution < -0.4 is 0 Å². The van der Waals surface area contributed by atoms with Gasteiger partial charge in [-0.15, -0.1) is 0 Å². The Bertz CT molecular complexity index is 953. The van der Waals surface area contributed by atoms with Crippen LogP contribution in [0.4, 0.5) is 8.78 Å². The molecule has 0 aliphatic carbocycles. The lowest BCUT2D eigenvalue weighted by molar-refractivity contribution is 0.196. The van der Waals surface area contributed by atoms with E-state index in [0.29, 0.717) is 6.54 Å². The molecule has 0 radical (unpaired) electrons. The summed E-state index contributed by atoms with van der Waals surface area (Å²) >= 11 is 0. The van der Waals surface area contributed by atoms with Crippen LogP contribution in [0.15, 0.2) is 30.6 Å². The SMILES string of the molecule is CC(C)(C)c1cc([C@@H]2c3nc[nH]c3CCN2Cc2ccc(F)c(F)c2)[nH]n1. The van der Waals surface area contributed by atoms with Crippen molar-refractivity contribution in [3.05, 3.63) is 70.6 Å². The third-order valence-corrected chi connectivity index (χ3v) is 5.06. The normalized spacial score (nSPS) is 17.9. The fraction of sp³-hybridized carbons (Fsp3) is 0.400. The van der Waals surface area contributed by atoms with Crippen molar-refractivity contribution < 1.29 is 8.78 Å². The van der Waals surface area contributed by atoms with Crippen LogP contribution >= 0.6 is 0 Å². The molecule has 5 nitrogen and oxygen atoms in total. The molecule has 0 spiro atoms. The molecule has 4 rings (SSSR count). The number of hydrogen-bond acceptors (Lipinski definition) is 3. The maximum atomic E-state index is 13.7. The van der Waals surface area contributed by atoms with E-state index in [-0.39, 0.29) is 11.5 Å². The van der Waals surface area contributed by atoms with E-state index in [4.69, 9.17) is 0 Å². The summed E-state index contributed by atoms with van der Waals surface area (Å²) in [5.74, 6) is -1.65. The van der Waals surface area contributed by atoms with Gasteiger partial charge in [0, 0.05) is 30.6 Å². The van der Waals surface area contributed by atoms with Crippen LogP contribution in [0.25, 0.3) is 0 Å². The lowest BCUT2D eigenvalue weighted by Gasteiger charge is -2.34. The predicted octanol–water partition coefficient (Wildman–Crippen LogP) is 3.86. The minimum absolute atomic E-state index is 0.0667. The molecule has 142 valence electrons. The maximum absolute atomic E-state index is 13.7. The summed E-state index contributed by atoms with van der Waals surface area (Å²) in [6, 6.07) is 6.03. The van der Waals surface area contributed by atoms with E-state index in [1.54, 1.807) is 12.4 Å². The van der Waals surface area contributed by atoms with Gasteiger partial charge in [0.1, 0.15) is 0 Å². The summed E-state index contributed by atoms with van der Waals surface area (Å²) in [6.07, 6.45) is 2.54. The number of fused-ring (bicyclic) bond motifs is 1. The molecule has 0 bridgehead atoms. The Balaban J connectivity index is 1.70. The topological polar surface area (TPSA) is 60.6 Å².